The highest BCUT2D eigenvalue weighted by Crippen LogP contribution is 2.38. The van der Waals surface area contributed by atoms with Crippen LogP contribution in [-0.2, 0) is 0 Å². The Hall–Kier alpha value is -5.58. The summed E-state index contributed by atoms with van der Waals surface area (Å²) in [6, 6.07) is 27.7. The number of nitrogens with one attached hydrogen (secondary N) is 2. The van der Waals surface area contributed by atoms with E-state index in [1.807, 2.05) is 37.3 Å². The molecule has 1 unspecified atom stereocenters. The molecule has 0 aliphatic rings. The van der Waals surface area contributed by atoms with Gasteiger partial charge in [-0.3, -0.25) is 0 Å². The van der Waals surface area contributed by atoms with E-state index in [0.29, 0.717) is 13.0 Å². The topological polar surface area (TPSA) is 78.7 Å². The number of hydrogen-bond acceptors (Lipinski definition) is 3. The summed E-state index contributed by atoms with van der Waals surface area (Å²) in [7, 11) is 0. The van der Waals surface area contributed by atoms with Crippen molar-refractivity contribution < 1.29 is 0 Å². The summed E-state index contributed by atoms with van der Waals surface area (Å²) in [5.74, 6) is -0.0106. The summed E-state index contributed by atoms with van der Waals surface area (Å²) >= 11 is 0. The van der Waals surface area contributed by atoms with Crippen LogP contribution in [0.25, 0.3) is 49.4 Å². The minimum absolute atomic E-state index is 0.0106. The third kappa shape index (κ3) is 6.16. The van der Waals surface area contributed by atoms with Gasteiger partial charge in [-0.05, 0) is 94.3 Å². The van der Waals surface area contributed by atoms with Gasteiger partial charge in [0, 0.05) is 40.5 Å². The maximum Gasteiger partial charge on any atom is 0.0619 e. The Morgan fingerprint density at radius 3 is 2.26 bits per heavy atom. The molecule has 0 aliphatic heterocycles. The highest BCUT2D eigenvalue weighted by molar-refractivity contribution is 6.20. The lowest BCUT2D eigenvalue weighted by molar-refractivity contribution is 0.835. The molecule has 1 atom stereocenters. The molecule has 0 spiro atoms. The Morgan fingerprint density at radius 2 is 1.59 bits per heavy atom. The summed E-state index contributed by atoms with van der Waals surface area (Å²) in [5.41, 5.74) is 16.1. The van der Waals surface area contributed by atoms with Crippen LogP contribution in [0.15, 0.2) is 152 Å². The lowest BCUT2D eigenvalue weighted by Gasteiger charge is -2.14. The zero-order valence-corrected chi connectivity index (χ0v) is 26.4. The fourth-order valence-corrected chi connectivity index (χ4v) is 5.97. The molecule has 0 saturated carbocycles. The number of hydrogen-bond donors (Lipinski definition) is 3. The van der Waals surface area contributed by atoms with Crippen molar-refractivity contribution in [1.82, 2.24) is 4.57 Å². The van der Waals surface area contributed by atoms with Gasteiger partial charge < -0.3 is 21.1 Å². The molecule has 5 aromatic rings. The van der Waals surface area contributed by atoms with Crippen molar-refractivity contribution in [3.05, 3.63) is 163 Å². The molecule has 228 valence electrons. The molecule has 46 heavy (non-hydrogen) atoms. The van der Waals surface area contributed by atoms with Gasteiger partial charge in [0.1, 0.15) is 0 Å². The number of aromatic nitrogens is 1. The molecule has 1 aromatic heterocycles. The van der Waals surface area contributed by atoms with Gasteiger partial charge in [-0.1, -0.05) is 98.6 Å². The molecule has 4 nitrogen and oxygen atoms in total. The molecule has 5 rings (SSSR count). The summed E-state index contributed by atoms with van der Waals surface area (Å²) < 4.78 is 2.33. The number of fused-ring (bicyclic) bond motifs is 5. The summed E-state index contributed by atoms with van der Waals surface area (Å²) in [4.78, 5) is 0. The predicted molar refractivity (Wildman–Crippen MR) is 201 cm³/mol. The van der Waals surface area contributed by atoms with Crippen LogP contribution in [0.2, 0.25) is 0 Å². The van der Waals surface area contributed by atoms with E-state index < -0.39 is 0 Å². The third-order valence-corrected chi connectivity index (χ3v) is 8.53. The second-order valence-corrected chi connectivity index (χ2v) is 11.4. The number of nitrogens with zero attached hydrogens (tertiary/aromatic N) is 1. The SMILES string of the molecule is C=C/C=C(\C)C(=C)/C=C(\C=N)c1ccc2c(ccc3c4ccc(/C(=C/C(=C)C(C=C)CC=N)CN)cc4n(-c4ccccc4)c23)c1. The quantitative estimate of drug-likeness (QED) is 0.0702. The van der Waals surface area contributed by atoms with Crippen LogP contribution in [0.4, 0.5) is 0 Å². The fraction of sp³-hybridized carbons (Fsp3) is 0.0952. The molecule has 0 bridgehead atoms. The Labute approximate surface area is 271 Å². The van der Waals surface area contributed by atoms with Crippen LogP contribution in [0, 0.1) is 16.7 Å². The third-order valence-electron chi connectivity index (χ3n) is 8.53. The van der Waals surface area contributed by atoms with Crippen molar-refractivity contribution in [3.63, 3.8) is 0 Å². The average molecular weight is 601 g/mol. The first kappa shape index (κ1) is 31.8. The maximum absolute atomic E-state index is 8.15. The van der Waals surface area contributed by atoms with Crippen molar-refractivity contribution in [3.8, 4) is 5.69 Å². The van der Waals surface area contributed by atoms with Crippen LogP contribution >= 0.6 is 0 Å². The van der Waals surface area contributed by atoms with Crippen molar-refractivity contribution in [2.75, 3.05) is 6.54 Å². The molecule has 0 amide bonds. The van der Waals surface area contributed by atoms with Crippen LogP contribution in [0.5, 0.6) is 0 Å². The smallest absolute Gasteiger partial charge is 0.0619 e. The molecule has 1 heterocycles. The number of rotatable bonds is 13. The molecule has 4 heteroatoms. The van der Waals surface area contributed by atoms with E-state index >= 15 is 0 Å². The highest BCUT2D eigenvalue weighted by atomic mass is 15.0. The molecule has 4 N–H and O–H groups in total. The molecule has 0 radical (unpaired) electrons. The second kappa shape index (κ2) is 14.0. The van der Waals surface area contributed by atoms with Crippen molar-refractivity contribution >= 4 is 56.2 Å². The maximum atomic E-state index is 8.15. The first-order valence-corrected chi connectivity index (χ1v) is 15.3. The average Bonchev–Trinajstić information content (AvgIpc) is 3.42. The van der Waals surface area contributed by atoms with E-state index in [1.165, 1.54) is 12.4 Å². The normalized spacial score (nSPS) is 13.1. The molecule has 0 saturated heterocycles. The Bertz CT molecular complexity index is 2120. The van der Waals surface area contributed by atoms with Crippen molar-refractivity contribution in [2.24, 2.45) is 11.7 Å². The Balaban J connectivity index is 1.73. The minimum Gasteiger partial charge on any atom is -0.326 e. The Kier molecular flexibility index (Phi) is 9.70. The molecular weight excluding hydrogens is 560 g/mol. The van der Waals surface area contributed by atoms with Gasteiger partial charge >= 0.3 is 0 Å². The standard InChI is InChI=1S/C42H40N4/c1-6-11-28(3)29(4)22-35(26-44)32-14-17-38-34(24-32)16-19-40-39-18-15-33(36(27-45)23-30(5)31(7-2)20-21-43)25-41(39)46(42(38)40)37-12-9-8-10-13-37/h6-19,21-26,31,43-44H,1-2,4-5,20,27,45H2,3H3/b28-11+,35-22+,36-23+,43-21?,44-26?. The summed E-state index contributed by atoms with van der Waals surface area (Å²) in [5, 5.41) is 20.2. The first-order chi connectivity index (χ1) is 22.3. The molecule has 0 fully saturated rings. The highest BCUT2D eigenvalue weighted by Gasteiger charge is 2.17. The zero-order chi connectivity index (χ0) is 32.8. The van der Waals surface area contributed by atoms with Crippen LogP contribution < -0.4 is 5.73 Å². The van der Waals surface area contributed by atoms with E-state index in [-0.39, 0.29) is 5.92 Å². The van der Waals surface area contributed by atoms with Crippen LogP contribution in [0.3, 0.4) is 0 Å². The second-order valence-electron chi connectivity index (χ2n) is 11.4. The molecular formula is C42H40N4. The van der Waals surface area contributed by atoms with Crippen molar-refractivity contribution in [2.45, 2.75) is 13.3 Å². The van der Waals surface area contributed by atoms with Gasteiger partial charge in [-0.2, -0.15) is 0 Å². The van der Waals surface area contributed by atoms with Gasteiger partial charge in [0.25, 0.3) is 0 Å². The molecule has 0 aliphatic carbocycles. The number of nitrogens with two attached hydrogens (primary N) is 1. The first-order valence-electron chi connectivity index (χ1n) is 15.3. The monoisotopic (exact) mass is 600 g/mol. The Morgan fingerprint density at radius 1 is 0.870 bits per heavy atom. The molecule has 4 aromatic carbocycles. The van der Waals surface area contributed by atoms with Gasteiger partial charge in [-0.15, -0.1) is 6.58 Å². The summed E-state index contributed by atoms with van der Waals surface area (Å²) in [6.07, 6.45) is 12.8. The number of allylic oxidation sites excluding steroid dienone is 9. The van der Waals surface area contributed by atoms with Crippen molar-refractivity contribution in [1.29, 1.82) is 10.8 Å². The van der Waals surface area contributed by atoms with E-state index in [4.69, 9.17) is 16.6 Å². The summed E-state index contributed by atoms with van der Waals surface area (Å²) in [6.45, 7) is 18.5. The fourth-order valence-electron chi connectivity index (χ4n) is 5.97. The van der Waals surface area contributed by atoms with E-state index in [2.05, 4.69) is 104 Å². The largest absolute Gasteiger partial charge is 0.326 e. The van der Waals surface area contributed by atoms with Crippen LogP contribution in [0.1, 0.15) is 24.5 Å². The minimum atomic E-state index is -0.0106. The zero-order valence-electron chi connectivity index (χ0n) is 26.4. The lowest BCUT2D eigenvalue weighted by Crippen LogP contribution is -2.05. The van der Waals surface area contributed by atoms with E-state index in [9.17, 15) is 0 Å². The van der Waals surface area contributed by atoms with E-state index in [1.54, 1.807) is 6.08 Å². The predicted octanol–water partition coefficient (Wildman–Crippen LogP) is 10.4. The van der Waals surface area contributed by atoms with E-state index in [0.717, 1.165) is 77.3 Å². The van der Waals surface area contributed by atoms with Gasteiger partial charge in [0.05, 0.1) is 11.0 Å². The number of para-hydroxylation sites is 1. The van der Waals surface area contributed by atoms with Crippen LogP contribution in [-0.4, -0.2) is 23.5 Å². The number of benzene rings is 4. The van der Waals surface area contributed by atoms with Gasteiger partial charge in [-0.25, -0.2) is 0 Å². The van der Waals surface area contributed by atoms with Gasteiger partial charge in [0.2, 0.25) is 0 Å². The van der Waals surface area contributed by atoms with Gasteiger partial charge in [0.15, 0.2) is 0 Å². The lowest BCUT2D eigenvalue weighted by atomic mass is 9.93.